The minimum Gasteiger partial charge on any atom is -0.491 e. The zero-order valence-corrected chi connectivity index (χ0v) is 18.2. The van der Waals surface area contributed by atoms with E-state index in [9.17, 15) is 4.79 Å². The molecule has 29 heavy (non-hydrogen) atoms. The molecule has 0 unspecified atom stereocenters. The summed E-state index contributed by atoms with van der Waals surface area (Å²) in [6.07, 6.45) is 10.1. The van der Waals surface area contributed by atoms with Crippen molar-refractivity contribution in [2.45, 2.75) is 53.0 Å². The summed E-state index contributed by atoms with van der Waals surface area (Å²) in [5.74, 6) is 1.09. The van der Waals surface area contributed by atoms with Crippen LogP contribution >= 0.6 is 0 Å². The van der Waals surface area contributed by atoms with Crippen LogP contribution in [0, 0.1) is 0 Å². The highest BCUT2D eigenvalue weighted by Gasteiger charge is 2.17. The molecule has 1 aliphatic rings. The van der Waals surface area contributed by atoms with Crippen LogP contribution in [0.5, 0.6) is 0 Å². The highest BCUT2D eigenvalue weighted by molar-refractivity contribution is 6.88. The van der Waals surface area contributed by atoms with Gasteiger partial charge in [0.25, 0.3) is 0 Å². The van der Waals surface area contributed by atoms with Gasteiger partial charge in [-0.2, -0.15) is 0 Å². The zero-order valence-electron chi connectivity index (χ0n) is 18.2. The van der Waals surface area contributed by atoms with E-state index >= 15 is 0 Å². The Hall–Kier alpha value is -2.63. The number of allylic oxidation sites excluding steroid dienone is 2. The lowest BCUT2D eigenvalue weighted by atomic mass is 9.50. The summed E-state index contributed by atoms with van der Waals surface area (Å²) in [6, 6.07) is 0. The topological polar surface area (TPSA) is 75.4 Å². The molecule has 0 spiro atoms. The summed E-state index contributed by atoms with van der Waals surface area (Å²) in [7, 11) is 0.512. The molecule has 1 heterocycles. The van der Waals surface area contributed by atoms with Crippen LogP contribution < -0.4 is 5.32 Å². The highest BCUT2D eigenvalue weighted by atomic mass is 16.5. The molecular formula is C21H32B2N4O2. The molecule has 0 amide bonds. The molecule has 0 saturated carbocycles. The maximum atomic E-state index is 12.3. The SMILES string of the molecule is C=C/C(NC(=C\N=C(/C)C(=O)BCCCB(C)C)/N=C\N=C\C)=C1/OCCC1=C. The van der Waals surface area contributed by atoms with Crippen molar-refractivity contribution in [2.24, 2.45) is 15.0 Å². The Bertz CT molecular complexity index is 750. The third-order valence-electron chi connectivity index (χ3n) is 4.31. The van der Waals surface area contributed by atoms with Gasteiger partial charge in [0.2, 0.25) is 7.28 Å². The Balaban J connectivity index is 2.91. The molecule has 0 aromatic carbocycles. The van der Waals surface area contributed by atoms with Crippen molar-refractivity contribution in [2.75, 3.05) is 6.61 Å². The van der Waals surface area contributed by atoms with Crippen LogP contribution in [0.1, 0.15) is 26.7 Å². The second-order valence-electron chi connectivity index (χ2n) is 7.22. The fourth-order valence-corrected chi connectivity index (χ4v) is 2.61. The first-order valence-corrected chi connectivity index (χ1v) is 10.1. The quantitative estimate of drug-likeness (QED) is 0.237. The third kappa shape index (κ3) is 9.41. The standard InChI is InChI=1S/C21H32B2N4O2/c1-7-18(20-16(3)10-13-29-20)27-19(26-15-24-8-2)14-25-17(4)21(28)22-11-9-12-23(5)6/h7-8,14-15,22,27H,1,3,9-13H2,2,4-6H3/b19-14-,20-18-,24-8+,25-17+,26-15-. The molecule has 1 rings (SSSR count). The smallest absolute Gasteiger partial charge is 0.213 e. The molecule has 6 nitrogen and oxygen atoms in total. The second kappa shape index (κ2) is 13.5. The molecular weight excluding hydrogens is 362 g/mol. The second-order valence-corrected chi connectivity index (χ2v) is 7.22. The summed E-state index contributed by atoms with van der Waals surface area (Å²) in [6.45, 7) is 17.0. The molecule has 0 atom stereocenters. The number of carbonyl (C=O) groups is 1. The van der Waals surface area contributed by atoms with E-state index in [-0.39, 0.29) is 5.68 Å². The fourth-order valence-electron chi connectivity index (χ4n) is 2.61. The minimum atomic E-state index is 0.0507. The summed E-state index contributed by atoms with van der Waals surface area (Å²) < 4.78 is 5.63. The van der Waals surface area contributed by atoms with E-state index in [0.29, 0.717) is 43.6 Å². The van der Waals surface area contributed by atoms with Crippen LogP contribution in [0.25, 0.3) is 0 Å². The first-order chi connectivity index (χ1) is 13.9. The Morgan fingerprint density at radius 3 is 2.76 bits per heavy atom. The van der Waals surface area contributed by atoms with Gasteiger partial charge in [0.05, 0.1) is 24.2 Å². The van der Waals surface area contributed by atoms with Crippen molar-refractivity contribution in [3.8, 4) is 0 Å². The normalized spacial score (nSPS) is 16.9. The molecule has 0 aromatic heterocycles. The Morgan fingerprint density at radius 1 is 1.41 bits per heavy atom. The van der Waals surface area contributed by atoms with Crippen LogP contribution in [0.3, 0.4) is 0 Å². The van der Waals surface area contributed by atoms with Crippen LogP contribution in [0.4, 0.5) is 0 Å². The Labute approximate surface area is 176 Å². The molecule has 1 saturated heterocycles. The van der Waals surface area contributed by atoms with Gasteiger partial charge in [-0.15, -0.1) is 0 Å². The molecule has 1 aliphatic heterocycles. The van der Waals surface area contributed by atoms with Gasteiger partial charge < -0.3 is 14.8 Å². The Kier molecular flexibility index (Phi) is 11.4. The van der Waals surface area contributed by atoms with Crippen LogP contribution in [-0.2, 0) is 9.53 Å². The average Bonchev–Trinajstić information content (AvgIpc) is 3.12. The molecule has 154 valence electrons. The third-order valence-corrected chi connectivity index (χ3v) is 4.31. The van der Waals surface area contributed by atoms with Gasteiger partial charge in [-0.1, -0.05) is 45.9 Å². The number of hydrogen-bond donors (Lipinski definition) is 1. The van der Waals surface area contributed by atoms with E-state index in [1.807, 2.05) is 0 Å². The van der Waals surface area contributed by atoms with Crippen molar-refractivity contribution in [1.29, 1.82) is 0 Å². The lowest BCUT2D eigenvalue weighted by Gasteiger charge is -2.10. The van der Waals surface area contributed by atoms with Crippen molar-refractivity contribution < 1.29 is 9.53 Å². The highest BCUT2D eigenvalue weighted by Crippen LogP contribution is 2.25. The number of aliphatic imine (C=N–C) groups is 3. The number of nitrogens with zero attached hydrogens (tertiary/aromatic N) is 3. The fraction of sp³-hybridized carbons (Fsp3) is 0.429. The zero-order chi connectivity index (χ0) is 21.6. The molecule has 0 aliphatic carbocycles. The number of nitrogens with one attached hydrogen (secondary N) is 1. The largest absolute Gasteiger partial charge is 0.491 e. The van der Waals surface area contributed by atoms with Crippen LogP contribution in [0.2, 0.25) is 26.3 Å². The van der Waals surface area contributed by atoms with Crippen molar-refractivity contribution in [3.63, 3.8) is 0 Å². The van der Waals surface area contributed by atoms with Crippen LogP contribution in [0.15, 0.2) is 63.3 Å². The number of ether oxygens (including phenoxy) is 1. The molecule has 0 radical (unpaired) electrons. The summed E-state index contributed by atoms with van der Waals surface area (Å²) >= 11 is 0. The Morgan fingerprint density at radius 2 is 2.17 bits per heavy atom. The monoisotopic (exact) mass is 394 g/mol. The van der Waals surface area contributed by atoms with Gasteiger partial charge in [0.15, 0.2) is 5.82 Å². The van der Waals surface area contributed by atoms with E-state index in [2.05, 4.69) is 47.1 Å². The summed E-state index contributed by atoms with van der Waals surface area (Å²) in [5.41, 5.74) is 2.06. The number of rotatable bonds is 12. The molecule has 0 bridgehead atoms. The molecule has 1 N–H and O–H groups in total. The first kappa shape index (κ1) is 24.4. The predicted octanol–water partition coefficient (Wildman–Crippen LogP) is 3.85. The van der Waals surface area contributed by atoms with E-state index in [1.165, 1.54) is 12.5 Å². The average molecular weight is 394 g/mol. The molecule has 0 aromatic rings. The van der Waals surface area contributed by atoms with E-state index in [4.69, 9.17) is 4.74 Å². The van der Waals surface area contributed by atoms with Gasteiger partial charge in [0, 0.05) is 12.6 Å². The van der Waals surface area contributed by atoms with Gasteiger partial charge in [0.1, 0.15) is 24.5 Å². The van der Waals surface area contributed by atoms with E-state index in [1.54, 1.807) is 26.1 Å². The van der Waals surface area contributed by atoms with Crippen molar-refractivity contribution in [3.05, 3.63) is 48.3 Å². The van der Waals surface area contributed by atoms with Gasteiger partial charge >= 0.3 is 0 Å². The van der Waals surface area contributed by atoms with Crippen molar-refractivity contribution in [1.82, 2.24) is 5.32 Å². The van der Waals surface area contributed by atoms with Crippen LogP contribution in [-0.4, -0.2) is 44.5 Å². The first-order valence-electron chi connectivity index (χ1n) is 10.1. The lowest BCUT2D eigenvalue weighted by molar-refractivity contribution is -0.106. The molecule has 8 heteroatoms. The lowest BCUT2D eigenvalue weighted by Crippen LogP contribution is -2.18. The van der Waals surface area contributed by atoms with Crippen molar-refractivity contribution >= 4 is 37.9 Å². The van der Waals surface area contributed by atoms with Gasteiger partial charge in [-0.25, -0.2) is 9.98 Å². The molecule has 1 fully saturated rings. The van der Waals surface area contributed by atoms with Gasteiger partial charge in [-0.3, -0.25) is 4.99 Å². The minimum absolute atomic E-state index is 0.0507. The van der Waals surface area contributed by atoms with E-state index in [0.717, 1.165) is 31.1 Å². The maximum absolute atomic E-state index is 12.3. The summed E-state index contributed by atoms with van der Waals surface area (Å²) in [4.78, 5) is 24.8. The van der Waals surface area contributed by atoms with E-state index < -0.39 is 0 Å². The summed E-state index contributed by atoms with van der Waals surface area (Å²) in [5, 5.41) is 3.14. The predicted molar refractivity (Wildman–Crippen MR) is 128 cm³/mol. The number of hydrogen-bond acceptors (Lipinski definition) is 5. The number of carbonyl (C=O) groups excluding carboxylic acids is 1. The maximum Gasteiger partial charge on any atom is 0.213 e. The van der Waals surface area contributed by atoms with Gasteiger partial charge in [-0.05, 0) is 25.5 Å².